The van der Waals surface area contributed by atoms with Crippen LogP contribution in [0, 0.1) is 63.1 Å². The second kappa shape index (κ2) is 7.37. The second-order valence-electron chi connectivity index (χ2n) is 14.4. The molecule has 5 rings (SSSR count). The maximum absolute atomic E-state index is 2.79. The average molecular weight is 425 g/mol. The van der Waals surface area contributed by atoms with Gasteiger partial charge >= 0.3 is 0 Å². The molecule has 4 fully saturated rings. The fourth-order valence-electron chi connectivity index (χ4n) is 11.5. The van der Waals surface area contributed by atoms with Crippen LogP contribution in [-0.2, 0) is 0 Å². The summed E-state index contributed by atoms with van der Waals surface area (Å²) in [7, 11) is 0. The molecule has 0 saturated heterocycles. The molecule has 0 spiro atoms. The summed E-state index contributed by atoms with van der Waals surface area (Å²) in [5.74, 6) is 6.46. The number of allylic oxidation sites excluding steroid dienone is 2. The molecule has 0 N–H and O–H groups in total. The van der Waals surface area contributed by atoms with Crippen molar-refractivity contribution in [2.75, 3.05) is 0 Å². The molecule has 0 amide bonds. The lowest BCUT2D eigenvalue weighted by Crippen LogP contribution is -2.61. The van der Waals surface area contributed by atoms with Crippen LogP contribution in [0.4, 0.5) is 0 Å². The Hall–Kier alpha value is -0.260. The summed E-state index contributed by atoms with van der Waals surface area (Å²) in [6, 6.07) is 0. The zero-order chi connectivity index (χ0) is 22.2. The van der Waals surface area contributed by atoms with Gasteiger partial charge < -0.3 is 0 Å². The molecular weight excluding hydrogens is 372 g/mol. The lowest BCUT2D eigenvalue weighted by molar-refractivity contribution is -0.187. The zero-order valence-electron chi connectivity index (χ0n) is 22.0. The maximum atomic E-state index is 2.79. The first kappa shape index (κ1) is 22.5. The van der Waals surface area contributed by atoms with Gasteiger partial charge in [-0.1, -0.05) is 67.0 Å². The largest absolute Gasteiger partial charge is 0.0882 e. The van der Waals surface area contributed by atoms with E-state index in [0.29, 0.717) is 21.7 Å². The first-order valence-corrected chi connectivity index (χ1v) is 14.3. The normalized spacial score (nSPS) is 55.9. The molecular formula is C31H52. The molecule has 0 aliphatic heterocycles. The van der Waals surface area contributed by atoms with Crippen molar-refractivity contribution in [2.45, 2.75) is 119 Å². The van der Waals surface area contributed by atoms with Crippen molar-refractivity contribution in [3.05, 3.63) is 12.2 Å². The first-order valence-electron chi connectivity index (χ1n) is 14.3. The highest BCUT2D eigenvalue weighted by Gasteiger charge is 2.64. The van der Waals surface area contributed by atoms with Crippen molar-refractivity contribution in [1.82, 2.24) is 0 Å². The molecule has 0 bridgehead atoms. The number of rotatable bonds is 1. The Balaban J connectivity index is 1.54. The van der Waals surface area contributed by atoms with E-state index in [1.807, 2.05) is 0 Å². The summed E-state index contributed by atoms with van der Waals surface area (Å²) in [4.78, 5) is 0. The Morgan fingerprint density at radius 3 is 2.26 bits per heavy atom. The molecule has 31 heavy (non-hydrogen) atoms. The van der Waals surface area contributed by atoms with Gasteiger partial charge in [-0.15, -0.1) is 0 Å². The van der Waals surface area contributed by atoms with Gasteiger partial charge in [0.05, 0.1) is 0 Å². The fourth-order valence-corrected chi connectivity index (χ4v) is 11.5. The van der Waals surface area contributed by atoms with Crippen LogP contribution in [0.15, 0.2) is 12.2 Å². The molecule has 0 heteroatoms. The predicted octanol–water partition coefficient (Wildman–Crippen LogP) is 9.30. The highest BCUT2D eigenvalue weighted by Crippen LogP contribution is 2.72. The van der Waals surface area contributed by atoms with Crippen molar-refractivity contribution in [1.29, 1.82) is 0 Å². The maximum Gasteiger partial charge on any atom is -0.0145 e. The highest BCUT2D eigenvalue weighted by atomic mass is 14.7. The van der Waals surface area contributed by atoms with Crippen molar-refractivity contribution >= 4 is 0 Å². The van der Waals surface area contributed by atoms with Gasteiger partial charge in [0.25, 0.3) is 0 Å². The monoisotopic (exact) mass is 424 g/mol. The zero-order valence-corrected chi connectivity index (χ0v) is 22.0. The van der Waals surface area contributed by atoms with Gasteiger partial charge in [-0.3, -0.25) is 0 Å². The van der Waals surface area contributed by atoms with E-state index in [9.17, 15) is 0 Å². The molecule has 10 unspecified atom stereocenters. The first-order chi connectivity index (χ1) is 14.6. The molecule has 0 aromatic heterocycles. The molecule has 0 aromatic carbocycles. The summed E-state index contributed by atoms with van der Waals surface area (Å²) in [5.41, 5.74) is 2.26. The van der Waals surface area contributed by atoms with E-state index in [0.717, 1.165) is 41.4 Å². The van der Waals surface area contributed by atoms with Crippen molar-refractivity contribution in [3.63, 3.8) is 0 Å². The topological polar surface area (TPSA) is 0 Å². The second-order valence-corrected chi connectivity index (χ2v) is 14.4. The van der Waals surface area contributed by atoms with Crippen molar-refractivity contribution in [2.24, 2.45) is 63.1 Å². The molecule has 10 atom stereocenters. The van der Waals surface area contributed by atoms with E-state index in [1.165, 1.54) is 70.6 Å². The molecule has 176 valence electrons. The third-order valence-corrected chi connectivity index (χ3v) is 13.4. The molecule has 5 aliphatic rings. The van der Waals surface area contributed by atoms with Crippen LogP contribution in [0.2, 0.25) is 0 Å². The van der Waals surface area contributed by atoms with E-state index in [4.69, 9.17) is 0 Å². The van der Waals surface area contributed by atoms with Crippen LogP contribution in [0.25, 0.3) is 0 Å². The summed E-state index contributed by atoms with van der Waals surface area (Å²) in [5, 5.41) is 0. The SMILES string of the molecule is CCC12CCC=CC3C(CCC4C3(C)CCC3C(C)(C)C(C)CCC34C)C1C(C)CC2. The van der Waals surface area contributed by atoms with Crippen LogP contribution >= 0.6 is 0 Å². The Labute approximate surface area is 194 Å². The smallest absolute Gasteiger partial charge is 0.0145 e. The molecule has 0 heterocycles. The van der Waals surface area contributed by atoms with E-state index in [2.05, 4.69) is 60.6 Å². The van der Waals surface area contributed by atoms with Crippen LogP contribution in [0.3, 0.4) is 0 Å². The van der Waals surface area contributed by atoms with Crippen molar-refractivity contribution in [3.8, 4) is 0 Å². The number of hydrogen-bond acceptors (Lipinski definition) is 0. The van der Waals surface area contributed by atoms with Crippen molar-refractivity contribution < 1.29 is 0 Å². The minimum atomic E-state index is 0.513. The van der Waals surface area contributed by atoms with Crippen LogP contribution in [0.5, 0.6) is 0 Å². The van der Waals surface area contributed by atoms with E-state index in [1.54, 1.807) is 0 Å². The minimum Gasteiger partial charge on any atom is -0.0882 e. The third-order valence-electron chi connectivity index (χ3n) is 13.4. The van der Waals surface area contributed by atoms with Gasteiger partial charge in [0, 0.05) is 0 Å². The quantitative estimate of drug-likeness (QED) is 0.368. The molecule has 4 saturated carbocycles. The Morgan fingerprint density at radius 2 is 1.52 bits per heavy atom. The summed E-state index contributed by atoms with van der Waals surface area (Å²) in [6.45, 7) is 18.5. The third kappa shape index (κ3) is 2.97. The average Bonchev–Trinajstić information content (AvgIpc) is 3.02. The van der Waals surface area contributed by atoms with E-state index >= 15 is 0 Å². The van der Waals surface area contributed by atoms with Gasteiger partial charge in [-0.05, 0) is 127 Å². The Kier molecular flexibility index (Phi) is 5.35. The van der Waals surface area contributed by atoms with Crippen LogP contribution in [-0.4, -0.2) is 0 Å². The van der Waals surface area contributed by atoms with Gasteiger partial charge in [0.15, 0.2) is 0 Å². The number of hydrogen-bond donors (Lipinski definition) is 0. The lowest BCUT2D eigenvalue weighted by atomic mass is 9.36. The molecule has 0 aromatic rings. The van der Waals surface area contributed by atoms with E-state index < -0.39 is 0 Å². The lowest BCUT2D eigenvalue weighted by Gasteiger charge is -2.68. The van der Waals surface area contributed by atoms with E-state index in [-0.39, 0.29) is 0 Å². The summed E-state index contributed by atoms with van der Waals surface area (Å²) < 4.78 is 0. The summed E-state index contributed by atoms with van der Waals surface area (Å²) >= 11 is 0. The Bertz CT molecular complexity index is 716. The molecule has 0 nitrogen and oxygen atoms in total. The van der Waals surface area contributed by atoms with Crippen LogP contribution in [0.1, 0.15) is 119 Å². The van der Waals surface area contributed by atoms with Gasteiger partial charge in [-0.2, -0.15) is 0 Å². The minimum absolute atomic E-state index is 0.513. The molecule has 5 aliphatic carbocycles. The Morgan fingerprint density at radius 1 is 0.774 bits per heavy atom. The predicted molar refractivity (Wildman–Crippen MR) is 134 cm³/mol. The summed E-state index contributed by atoms with van der Waals surface area (Å²) in [6.07, 6.45) is 21.6. The highest BCUT2D eigenvalue weighted by molar-refractivity contribution is 5.17. The standard InChI is InChI=1S/C31H52/c1-8-31-17-10-9-11-24-23(27(31)21(2)14-20-31)12-13-26-29(24,6)19-16-25-28(4,5)22(3)15-18-30(25,26)7/h9,11,21-27H,8,10,12-20H2,1-7H3. The fraction of sp³-hybridized carbons (Fsp3) is 0.935. The van der Waals surface area contributed by atoms with Gasteiger partial charge in [-0.25, -0.2) is 0 Å². The van der Waals surface area contributed by atoms with Crippen LogP contribution < -0.4 is 0 Å². The van der Waals surface area contributed by atoms with Gasteiger partial charge in [0.2, 0.25) is 0 Å². The molecule has 0 radical (unpaired) electrons. The number of fused-ring (bicyclic) bond motifs is 7. The van der Waals surface area contributed by atoms with Gasteiger partial charge in [0.1, 0.15) is 0 Å².